The number of hydrogen-bond donors (Lipinski definition) is 1. The van der Waals surface area contributed by atoms with Gasteiger partial charge in [-0.05, 0) is 42.0 Å². The summed E-state index contributed by atoms with van der Waals surface area (Å²) < 4.78 is 26.4. The molecule has 0 fully saturated rings. The highest BCUT2D eigenvalue weighted by Crippen LogP contribution is 2.26. The van der Waals surface area contributed by atoms with E-state index in [1.807, 2.05) is 24.3 Å². The van der Waals surface area contributed by atoms with Crippen molar-refractivity contribution in [2.45, 2.75) is 17.2 Å². The van der Waals surface area contributed by atoms with Crippen molar-refractivity contribution in [2.24, 2.45) is 0 Å². The molecule has 1 N–H and O–H groups in total. The van der Waals surface area contributed by atoms with Crippen LogP contribution in [0.4, 0.5) is 14.5 Å². The number of carbonyl (C=O) groups is 1. The van der Waals surface area contributed by atoms with Crippen molar-refractivity contribution in [2.75, 3.05) is 5.32 Å². The number of nitriles is 1. The molecule has 0 saturated carbocycles. The van der Waals surface area contributed by atoms with Crippen molar-refractivity contribution in [3.8, 4) is 6.07 Å². The fourth-order valence-electron chi connectivity index (χ4n) is 2.58. The number of thioether (sulfide) groups is 1. The Morgan fingerprint density at radius 3 is 2.67 bits per heavy atom. The Morgan fingerprint density at radius 2 is 2.00 bits per heavy atom. The molecule has 0 spiro atoms. The third-order valence-corrected chi connectivity index (χ3v) is 5.05. The summed E-state index contributed by atoms with van der Waals surface area (Å²) in [4.78, 5) is 12.8. The number of rotatable bonds is 7. The Labute approximate surface area is 181 Å². The number of aromatic nitrogens is 2. The van der Waals surface area contributed by atoms with E-state index in [1.165, 1.54) is 36.5 Å². The normalized spacial score (nSPS) is 11.4. The molecule has 1 heterocycles. The third-order valence-electron chi connectivity index (χ3n) is 3.96. The van der Waals surface area contributed by atoms with Gasteiger partial charge in [-0.3, -0.25) is 9.48 Å². The van der Waals surface area contributed by atoms with E-state index in [2.05, 4.69) is 10.4 Å². The summed E-state index contributed by atoms with van der Waals surface area (Å²) in [6.45, 7) is 0.449. The number of carbonyl (C=O) groups excluding carboxylic acids is 1. The molecule has 3 rings (SSSR count). The van der Waals surface area contributed by atoms with E-state index in [-0.39, 0.29) is 5.57 Å². The van der Waals surface area contributed by atoms with Crippen LogP contribution in [0.3, 0.4) is 0 Å². The first kappa shape index (κ1) is 21.6. The highest BCUT2D eigenvalue weighted by Gasteiger charge is 2.11. The van der Waals surface area contributed by atoms with E-state index in [4.69, 9.17) is 11.6 Å². The van der Waals surface area contributed by atoms with E-state index in [0.717, 1.165) is 5.56 Å². The number of anilines is 1. The van der Waals surface area contributed by atoms with E-state index in [9.17, 15) is 18.8 Å². The van der Waals surface area contributed by atoms with Crippen LogP contribution in [0.1, 0.15) is 11.1 Å². The molecule has 5 nitrogen and oxygen atoms in total. The SMILES string of the molecule is N#C/C(=C\c1cnn(Cc2ccccc2Cl)c1)C(=O)Nc1ccc(SC(F)F)cc1. The largest absolute Gasteiger partial charge is 0.321 e. The van der Waals surface area contributed by atoms with Crippen LogP contribution in [0.5, 0.6) is 0 Å². The van der Waals surface area contributed by atoms with E-state index < -0.39 is 11.7 Å². The Balaban J connectivity index is 1.68. The number of benzene rings is 2. The van der Waals surface area contributed by atoms with Gasteiger partial charge in [-0.15, -0.1) is 0 Å². The molecule has 2 aromatic carbocycles. The molecule has 0 bridgehead atoms. The zero-order valence-electron chi connectivity index (χ0n) is 15.4. The Hall–Kier alpha value is -3.15. The highest BCUT2D eigenvalue weighted by atomic mass is 35.5. The van der Waals surface area contributed by atoms with Crippen molar-refractivity contribution in [3.63, 3.8) is 0 Å². The average Bonchev–Trinajstić information content (AvgIpc) is 3.16. The molecule has 0 atom stereocenters. The quantitative estimate of drug-likeness (QED) is 0.299. The van der Waals surface area contributed by atoms with Crippen LogP contribution in [0.25, 0.3) is 6.08 Å². The number of alkyl halides is 2. The van der Waals surface area contributed by atoms with Crippen LogP contribution in [0.2, 0.25) is 5.02 Å². The third kappa shape index (κ3) is 5.92. The van der Waals surface area contributed by atoms with Gasteiger partial charge in [-0.1, -0.05) is 41.6 Å². The first-order valence-electron chi connectivity index (χ1n) is 8.68. The smallest absolute Gasteiger partial charge is 0.288 e. The molecular formula is C21H15ClF2N4OS. The van der Waals surface area contributed by atoms with Gasteiger partial charge in [0.1, 0.15) is 11.6 Å². The second-order valence-electron chi connectivity index (χ2n) is 6.09. The Bertz CT molecular complexity index is 1110. The zero-order chi connectivity index (χ0) is 21.5. The van der Waals surface area contributed by atoms with Crippen molar-refractivity contribution in [3.05, 3.63) is 82.6 Å². The lowest BCUT2D eigenvalue weighted by atomic mass is 10.2. The summed E-state index contributed by atoms with van der Waals surface area (Å²) in [6, 6.07) is 15.2. The van der Waals surface area contributed by atoms with Gasteiger partial charge in [-0.25, -0.2) is 0 Å². The molecule has 0 aliphatic carbocycles. The van der Waals surface area contributed by atoms with Crippen LogP contribution in [-0.4, -0.2) is 21.4 Å². The first-order chi connectivity index (χ1) is 14.4. The van der Waals surface area contributed by atoms with Gasteiger partial charge in [0.15, 0.2) is 0 Å². The van der Waals surface area contributed by atoms with E-state index in [1.54, 1.807) is 16.9 Å². The van der Waals surface area contributed by atoms with Crippen LogP contribution >= 0.6 is 23.4 Å². The highest BCUT2D eigenvalue weighted by molar-refractivity contribution is 7.99. The van der Waals surface area contributed by atoms with Crippen molar-refractivity contribution < 1.29 is 13.6 Å². The molecule has 1 aromatic heterocycles. The summed E-state index contributed by atoms with van der Waals surface area (Å²) in [6.07, 6.45) is 4.66. The Morgan fingerprint density at radius 1 is 1.27 bits per heavy atom. The molecule has 0 saturated heterocycles. The lowest BCUT2D eigenvalue weighted by Crippen LogP contribution is -2.13. The fraction of sp³-hybridized carbons (Fsp3) is 0.0952. The van der Waals surface area contributed by atoms with E-state index >= 15 is 0 Å². The van der Waals surface area contributed by atoms with Crippen LogP contribution in [0.15, 0.2) is 71.4 Å². The van der Waals surface area contributed by atoms with Crippen LogP contribution in [0, 0.1) is 11.3 Å². The molecule has 0 radical (unpaired) electrons. The number of halogens is 3. The monoisotopic (exact) mass is 444 g/mol. The number of hydrogen-bond acceptors (Lipinski definition) is 4. The minimum Gasteiger partial charge on any atom is -0.321 e. The predicted octanol–water partition coefficient (Wildman–Crippen LogP) is 5.45. The maximum atomic E-state index is 12.4. The summed E-state index contributed by atoms with van der Waals surface area (Å²) in [7, 11) is 0. The zero-order valence-corrected chi connectivity index (χ0v) is 17.0. The van der Waals surface area contributed by atoms with Crippen LogP contribution in [-0.2, 0) is 11.3 Å². The molecule has 30 heavy (non-hydrogen) atoms. The standard InChI is InChI=1S/C21H15ClF2N4OS/c22-19-4-2-1-3-15(19)13-28-12-14(11-26-28)9-16(10-25)20(29)27-17-5-7-18(8-6-17)30-21(23)24/h1-9,11-12,21H,13H2,(H,27,29)/b16-9+. The van der Waals surface area contributed by atoms with Crippen molar-refractivity contribution in [1.82, 2.24) is 9.78 Å². The minimum atomic E-state index is -2.52. The van der Waals surface area contributed by atoms with E-state index in [0.29, 0.717) is 39.5 Å². The van der Waals surface area contributed by atoms with Gasteiger partial charge >= 0.3 is 0 Å². The molecule has 3 aromatic rings. The number of nitrogens with zero attached hydrogens (tertiary/aromatic N) is 3. The topological polar surface area (TPSA) is 70.7 Å². The predicted molar refractivity (Wildman–Crippen MR) is 113 cm³/mol. The molecule has 0 aliphatic rings. The fourth-order valence-corrected chi connectivity index (χ4v) is 3.27. The lowest BCUT2D eigenvalue weighted by Gasteiger charge is -2.05. The van der Waals surface area contributed by atoms with Gasteiger partial charge in [0.25, 0.3) is 11.7 Å². The summed E-state index contributed by atoms with van der Waals surface area (Å²) in [5.41, 5.74) is 1.76. The average molecular weight is 445 g/mol. The Kier molecular flexibility index (Phi) is 7.22. The molecule has 0 aliphatic heterocycles. The van der Waals surface area contributed by atoms with Crippen LogP contribution < -0.4 is 5.32 Å². The lowest BCUT2D eigenvalue weighted by molar-refractivity contribution is -0.112. The maximum Gasteiger partial charge on any atom is 0.288 e. The van der Waals surface area contributed by atoms with Gasteiger partial charge in [0.2, 0.25) is 0 Å². The van der Waals surface area contributed by atoms with Crippen molar-refractivity contribution in [1.29, 1.82) is 5.26 Å². The number of nitrogens with one attached hydrogen (secondary N) is 1. The first-order valence-corrected chi connectivity index (χ1v) is 9.94. The molecule has 9 heteroatoms. The summed E-state index contributed by atoms with van der Waals surface area (Å²) >= 11 is 6.57. The van der Waals surface area contributed by atoms with Gasteiger partial charge < -0.3 is 5.32 Å². The molecular weight excluding hydrogens is 430 g/mol. The maximum absolute atomic E-state index is 12.4. The minimum absolute atomic E-state index is 0.113. The van der Waals surface area contributed by atoms with Gasteiger partial charge in [-0.2, -0.15) is 19.1 Å². The summed E-state index contributed by atoms with van der Waals surface area (Å²) in [5, 5.41) is 16.8. The molecule has 1 amide bonds. The summed E-state index contributed by atoms with van der Waals surface area (Å²) in [5.74, 6) is -3.12. The van der Waals surface area contributed by atoms with Gasteiger partial charge in [0, 0.05) is 27.4 Å². The number of amides is 1. The second-order valence-corrected chi connectivity index (χ2v) is 7.56. The molecule has 0 unspecified atom stereocenters. The van der Waals surface area contributed by atoms with Gasteiger partial charge in [0.05, 0.1) is 12.7 Å². The van der Waals surface area contributed by atoms with Crippen molar-refractivity contribution >= 4 is 41.0 Å². The molecule has 152 valence electrons. The second kappa shape index (κ2) is 10.1.